The molecular weight excluding hydrogens is 294 g/mol. The van der Waals surface area contributed by atoms with E-state index in [1.807, 2.05) is 6.08 Å². The molecule has 1 fully saturated rings. The first-order valence-electron chi connectivity index (χ1n) is 8.57. The Morgan fingerprint density at radius 3 is 2.91 bits per heavy atom. The van der Waals surface area contributed by atoms with E-state index < -0.39 is 6.29 Å². The van der Waals surface area contributed by atoms with Crippen LogP contribution in [0.4, 0.5) is 0 Å². The number of aliphatic hydroxyl groups excluding tert-OH is 1. The van der Waals surface area contributed by atoms with Crippen LogP contribution in [0.25, 0.3) is 0 Å². The summed E-state index contributed by atoms with van der Waals surface area (Å²) in [7, 11) is 0. The minimum atomic E-state index is -0.393. The summed E-state index contributed by atoms with van der Waals surface area (Å²) in [6, 6.07) is 0. The lowest BCUT2D eigenvalue weighted by Gasteiger charge is -2.31. The van der Waals surface area contributed by atoms with E-state index in [1.54, 1.807) is 0 Å². The van der Waals surface area contributed by atoms with Gasteiger partial charge in [-0.3, -0.25) is 4.79 Å². The summed E-state index contributed by atoms with van der Waals surface area (Å²) >= 11 is 0. The van der Waals surface area contributed by atoms with Gasteiger partial charge in [0.1, 0.15) is 0 Å². The fourth-order valence-corrected chi connectivity index (χ4v) is 3.31. The molecule has 1 aliphatic heterocycles. The highest BCUT2D eigenvalue weighted by Crippen LogP contribution is 2.38. The first kappa shape index (κ1) is 17.8. The van der Waals surface area contributed by atoms with Crippen molar-refractivity contribution in [1.82, 2.24) is 5.32 Å². The summed E-state index contributed by atoms with van der Waals surface area (Å²) in [6.45, 7) is 0.886. The summed E-state index contributed by atoms with van der Waals surface area (Å²) in [5, 5.41) is 11.5. The molecule has 0 unspecified atom stereocenters. The molecule has 0 aromatic rings. The van der Waals surface area contributed by atoms with Gasteiger partial charge in [-0.05, 0) is 43.6 Å². The van der Waals surface area contributed by atoms with Gasteiger partial charge in [0.25, 0.3) is 5.91 Å². The summed E-state index contributed by atoms with van der Waals surface area (Å²) in [6.07, 6.45) is 14.0. The second-order valence-electron chi connectivity index (χ2n) is 6.21. The van der Waals surface area contributed by atoms with E-state index >= 15 is 0 Å². The third kappa shape index (κ3) is 5.56. The number of carbonyl (C=O) groups is 1. The summed E-state index contributed by atoms with van der Waals surface area (Å²) in [5.74, 6) is 3.38. The average molecular weight is 321 g/mol. The Bertz CT molecular complexity index is 448. The topological polar surface area (TPSA) is 67.8 Å². The largest absolute Gasteiger partial charge is 0.459 e. The third-order valence-electron chi connectivity index (χ3n) is 4.52. The highest BCUT2D eigenvalue weighted by Gasteiger charge is 2.33. The van der Waals surface area contributed by atoms with E-state index in [1.165, 1.54) is 25.7 Å². The van der Waals surface area contributed by atoms with Gasteiger partial charge in [-0.2, -0.15) is 0 Å². The van der Waals surface area contributed by atoms with Crippen LogP contribution in [0, 0.1) is 24.2 Å². The normalized spacial score (nSPS) is 24.6. The predicted molar refractivity (Wildman–Crippen MR) is 87.1 cm³/mol. The number of amides is 1. The molecule has 23 heavy (non-hydrogen) atoms. The molecule has 2 rings (SSSR count). The van der Waals surface area contributed by atoms with Gasteiger partial charge in [-0.15, -0.1) is 6.42 Å². The van der Waals surface area contributed by atoms with Crippen LogP contribution in [0.1, 0.15) is 44.9 Å². The van der Waals surface area contributed by atoms with Gasteiger partial charge in [-0.1, -0.05) is 18.8 Å². The van der Waals surface area contributed by atoms with Crippen LogP contribution in [0.3, 0.4) is 0 Å². The maximum Gasteiger partial charge on any atom is 0.286 e. The Hall–Kier alpha value is -1.51. The lowest BCUT2D eigenvalue weighted by molar-refractivity contribution is -0.151. The van der Waals surface area contributed by atoms with Gasteiger partial charge in [0.05, 0.1) is 13.2 Å². The molecule has 1 saturated carbocycles. The van der Waals surface area contributed by atoms with Crippen molar-refractivity contribution in [2.75, 3.05) is 19.8 Å². The van der Waals surface area contributed by atoms with E-state index in [0.29, 0.717) is 30.6 Å². The number of rotatable bonds is 8. The van der Waals surface area contributed by atoms with E-state index in [-0.39, 0.29) is 19.1 Å². The van der Waals surface area contributed by atoms with Gasteiger partial charge in [0.15, 0.2) is 5.76 Å². The standard InChI is InChI=1S/C18H27NO4/c1-2-9-19-18(21)16-12-15(14-7-3-4-8-14)13-17(23-16)22-11-6-5-10-20/h1,12,14-15,17,20H,3-11,13H2,(H,19,21)/t15-,17+/m1/s1. The zero-order valence-corrected chi connectivity index (χ0v) is 13.6. The summed E-state index contributed by atoms with van der Waals surface area (Å²) in [5.41, 5.74) is 0. The number of allylic oxidation sites excluding steroid dienone is 1. The predicted octanol–water partition coefficient (Wildman–Crippen LogP) is 1.96. The van der Waals surface area contributed by atoms with Crippen molar-refractivity contribution >= 4 is 5.91 Å². The number of unbranched alkanes of at least 4 members (excludes halogenated alkanes) is 1. The quantitative estimate of drug-likeness (QED) is 0.530. The number of hydrogen-bond donors (Lipinski definition) is 2. The fraction of sp³-hybridized carbons (Fsp3) is 0.722. The number of aliphatic hydroxyl groups is 1. The molecule has 1 heterocycles. The number of terminal acetylenes is 1. The maximum absolute atomic E-state index is 12.2. The molecule has 5 heteroatoms. The summed E-state index contributed by atoms with van der Waals surface area (Å²) < 4.78 is 11.5. The lowest BCUT2D eigenvalue weighted by atomic mass is 9.86. The SMILES string of the molecule is C#CCNC(=O)C1=C[C@@H](C2CCCC2)C[C@@H](OCCCCO)O1. The number of hydrogen-bond acceptors (Lipinski definition) is 4. The Kier molecular flexibility index (Phi) is 7.44. The van der Waals surface area contributed by atoms with E-state index in [4.69, 9.17) is 21.0 Å². The monoisotopic (exact) mass is 321 g/mol. The smallest absolute Gasteiger partial charge is 0.286 e. The van der Waals surface area contributed by atoms with Crippen LogP contribution in [0.2, 0.25) is 0 Å². The molecule has 0 aromatic carbocycles. The molecule has 0 spiro atoms. The highest BCUT2D eigenvalue weighted by atomic mass is 16.7. The van der Waals surface area contributed by atoms with Crippen molar-refractivity contribution in [3.8, 4) is 12.3 Å². The highest BCUT2D eigenvalue weighted by molar-refractivity contribution is 5.91. The zero-order valence-electron chi connectivity index (χ0n) is 13.6. The molecule has 1 aliphatic carbocycles. The van der Waals surface area contributed by atoms with Gasteiger partial charge in [0, 0.05) is 13.0 Å². The molecular formula is C18H27NO4. The van der Waals surface area contributed by atoms with Crippen molar-refractivity contribution in [3.05, 3.63) is 11.8 Å². The maximum atomic E-state index is 12.2. The molecule has 0 saturated heterocycles. The van der Waals surface area contributed by atoms with Crippen molar-refractivity contribution in [1.29, 1.82) is 0 Å². The van der Waals surface area contributed by atoms with Gasteiger partial charge >= 0.3 is 0 Å². The number of nitrogens with one attached hydrogen (secondary N) is 1. The van der Waals surface area contributed by atoms with Crippen LogP contribution in [-0.4, -0.2) is 37.1 Å². The zero-order chi connectivity index (χ0) is 16.5. The second kappa shape index (κ2) is 9.59. The second-order valence-corrected chi connectivity index (χ2v) is 6.21. The fourth-order valence-electron chi connectivity index (χ4n) is 3.31. The minimum Gasteiger partial charge on any atom is -0.459 e. The molecule has 128 valence electrons. The average Bonchev–Trinajstić information content (AvgIpc) is 3.11. The molecule has 0 aromatic heterocycles. The lowest BCUT2D eigenvalue weighted by Crippen LogP contribution is -2.35. The molecule has 5 nitrogen and oxygen atoms in total. The molecule has 2 atom stereocenters. The van der Waals surface area contributed by atoms with Crippen molar-refractivity contribution in [2.24, 2.45) is 11.8 Å². The Balaban J connectivity index is 1.96. The van der Waals surface area contributed by atoms with Crippen LogP contribution < -0.4 is 5.32 Å². The van der Waals surface area contributed by atoms with Gasteiger partial charge in [-0.25, -0.2) is 0 Å². The van der Waals surface area contributed by atoms with Crippen LogP contribution in [0.5, 0.6) is 0 Å². The number of carbonyl (C=O) groups excluding carboxylic acids is 1. The van der Waals surface area contributed by atoms with E-state index in [0.717, 1.165) is 12.8 Å². The molecule has 2 aliphatic rings. The van der Waals surface area contributed by atoms with Gasteiger partial charge < -0.3 is 19.9 Å². The minimum absolute atomic E-state index is 0.166. The van der Waals surface area contributed by atoms with E-state index in [9.17, 15) is 4.79 Å². The van der Waals surface area contributed by atoms with Crippen LogP contribution >= 0.6 is 0 Å². The van der Waals surface area contributed by atoms with Crippen molar-refractivity contribution in [3.63, 3.8) is 0 Å². The van der Waals surface area contributed by atoms with E-state index in [2.05, 4.69) is 11.2 Å². The van der Waals surface area contributed by atoms with Crippen LogP contribution in [0.15, 0.2) is 11.8 Å². The van der Waals surface area contributed by atoms with Crippen LogP contribution in [-0.2, 0) is 14.3 Å². The Morgan fingerprint density at radius 1 is 1.43 bits per heavy atom. The third-order valence-corrected chi connectivity index (χ3v) is 4.52. The first-order valence-corrected chi connectivity index (χ1v) is 8.57. The molecule has 0 bridgehead atoms. The Morgan fingerprint density at radius 2 is 2.22 bits per heavy atom. The number of ether oxygens (including phenoxy) is 2. The van der Waals surface area contributed by atoms with Crippen molar-refractivity contribution in [2.45, 2.75) is 51.2 Å². The van der Waals surface area contributed by atoms with Crippen molar-refractivity contribution < 1.29 is 19.4 Å². The summed E-state index contributed by atoms with van der Waals surface area (Å²) in [4.78, 5) is 12.2. The molecule has 2 N–H and O–H groups in total. The first-order chi connectivity index (χ1) is 11.2. The van der Waals surface area contributed by atoms with Gasteiger partial charge in [0.2, 0.25) is 6.29 Å². The molecule has 0 radical (unpaired) electrons. The molecule has 1 amide bonds. The Labute approximate surface area is 138 Å².